The number of quaternary nitrogens is 1. The van der Waals surface area contributed by atoms with Gasteiger partial charge in [0.05, 0.1) is 33.7 Å². The third-order valence-electron chi connectivity index (χ3n) is 2.82. The predicted octanol–water partition coefficient (Wildman–Crippen LogP) is 0.286. The molecule has 0 amide bonds. The molecule has 1 heterocycles. The van der Waals surface area contributed by atoms with E-state index < -0.39 is 0 Å². The van der Waals surface area contributed by atoms with Gasteiger partial charge in [0.15, 0.2) is 0 Å². The Hall–Kier alpha value is -0.570. The lowest BCUT2D eigenvalue weighted by Crippen LogP contribution is -2.54. The fourth-order valence-corrected chi connectivity index (χ4v) is 2.27. The average Bonchev–Trinajstić information content (AvgIpc) is 2.24. The molecule has 3 heteroatoms. The van der Waals surface area contributed by atoms with Crippen molar-refractivity contribution in [2.45, 2.75) is 12.5 Å². The normalized spacial score (nSPS) is 38.8. The van der Waals surface area contributed by atoms with Crippen molar-refractivity contribution in [1.82, 2.24) is 5.43 Å². The fraction of sp³-hybridized carbons (Fsp3) is 0.889. The monoisotopic (exact) mass is 168 g/mol. The zero-order valence-electron chi connectivity index (χ0n) is 8.12. The molecule has 3 unspecified atom stereocenters. The van der Waals surface area contributed by atoms with Gasteiger partial charge in [-0.25, -0.2) is 0 Å². The van der Waals surface area contributed by atoms with E-state index in [4.69, 9.17) is 0 Å². The van der Waals surface area contributed by atoms with Gasteiger partial charge in [-0.15, -0.1) is 0 Å². The Bertz CT molecular complexity index is 204. The third kappa shape index (κ3) is 1.33. The number of nitrogens with one attached hydrogen (secondary N) is 1. The Labute approximate surface area is 74.0 Å². The van der Waals surface area contributed by atoms with E-state index in [0.717, 1.165) is 16.3 Å². The molecule has 1 fully saturated rings. The van der Waals surface area contributed by atoms with Crippen molar-refractivity contribution in [1.29, 1.82) is 0 Å². The van der Waals surface area contributed by atoms with Gasteiger partial charge in [0.25, 0.3) is 0 Å². The summed E-state index contributed by atoms with van der Waals surface area (Å²) >= 11 is 0. The summed E-state index contributed by atoms with van der Waals surface area (Å²) in [5, 5.41) is 4.11. The zero-order chi connectivity index (χ0) is 8.77. The molecule has 0 radical (unpaired) electrons. The molecule has 1 N–H and O–H groups in total. The van der Waals surface area contributed by atoms with E-state index in [1.54, 1.807) is 0 Å². The lowest BCUT2D eigenvalue weighted by atomic mass is 9.71. The highest BCUT2D eigenvalue weighted by Gasteiger charge is 2.44. The van der Waals surface area contributed by atoms with Gasteiger partial charge in [-0.05, 0) is 6.42 Å². The molecule has 68 valence electrons. The number of nitrogens with zero attached hydrogens (tertiary/aromatic N) is 2. The fourth-order valence-electron chi connectivity index (χ4n) is 2.27. The molecular weight excluding hydrogens is 150 g/mol. The van der Waals surface area contributed by atoms with Crippen LogP contribution in [0.2, 0.25) is 0 Å². The minimum absolute atomic E-state index is 0.655. The molecule has 0 aromatic heterocycles. The molecule has 0 aromatic rings. The minimum Gasteiger partial charge on any atom is -0.331 e. The Kier molecular flexibility index (Phi) is 1.65. The van der Waals surface area contributed by atoms with Gasteiger partial charge in [0.2, 0.25) is 0 Å². The summed E-state index contributed by atoms with van der Waals surface area (Å²) in [6.45, 7) is 1.26. The van der Waals surface area contributed by atoms with Gasteiger partial charge in [0.1, 0.15) is 0 Å². The third-order valence-corrected chi connectivity index (χ3v) is 2.82. The van der Waals surface area contributed by atoms with Crippen LogP contribution in [0.25, 0.3) is 0 Å². The summed E-state index contributed by atoms with van der Waals surface area (Å²) in [6.07, 6.45) is 3.40. The van der Waals surface area contributed by atoms with Crippen LogP contribution in [0.5, 0.6) is 0 Å². The smallest absolute Gasteiger partial charge is 0.0830 e. The SMILES string of the molecule is C[N+](C)(C)CC1CC2C=NNC21. The molecule has 12 heavy (non-hydrogen) atoms. The van der Waals surface area contributed by atoms with Crippen LogP contribution in [0.1, 0.15) is 6.42 Å². The van der Waals surface area contributed by atoms with E-state index in [0.29, 0.717) is 6.04 Å². The number of fused-ring (bicyclic) bond motifs is 1. The van der Waals surface area contributed by atoms with Crippen molar-refractivity contribution in [2.24, 2.45) is 16.9 Å². The van der Waals surface area contributed by atoms with Crippen molar-refractivity contribution in [3.63, 3.8) is 0 Å². The molecule has 0 saturated heterocycles. The van der Waals surface area contributed by atoms with Crippen molar-refractivity contribution < 1.29 is 4.48 Å². The second-order valence-corrected chi connectivity index (χ2v) is 5.07. The first-order valence-electron chi connectivity index (χ1n) is 4.65. The maximum Gasteiger partial charge on any atom is 0.0830 e. The lowest BCUT2D eigenvalue weighted by molar-refractivity contribution is -0.875. The van der Waals surface area contributed by atoms with Crippen molar-refractivity contribution in [3.05, 3.63) is 0 Å². The van der Waals surface area contributed by atoms with Crippen LogP contribution in [0.3, 0.4) is 0 Å². The van der Waals surface area contributed by atoms with Crippen LogP contribution >= 0.6 is 0 Å². The molecule has 3 nitrogen and oxygen atoms in total. The zero-order valence-corrected chi connectivity index (χ0v) is 8.12. The maximum absolute atomic E-state index is 4.11. The number of hydrogen-bond acceptors (Lipinski definition) is 2. The summed E-state index contributed by atoms with van der Waals surface area (Å²) < 4.78 is 1.07. The Morgan fingerprint density at radius 2 is 2.25 bits per heavy atom. The maximum atomic E-state index is 4.11. The Balaban J connectivity index is 1.86. The van der Waals surface area contributed by atoms with Gasteiger partial charge < -0.3 is 9.91 Å². The lowest BCUT2D eigenvalue weighted by Gasteiger charge is -2.41. The van der Waals surface area contributed by atoms with Gasteiger partial charge in [0, 0.05) is 18.1 Å². The summed E-state index contributed by atoms with van der Waals surface area (Å²) in [4.78, 5) is 0. The summed E-state index contributed by atoms with van der Waals surface area (Å²) in [6, 6.07) is 0.655. The first kappa shape index (κ1) is 8.05. The molecule has 3 atom stereocenters. The molecule has 1 saturated carbocycles. The van der Waals surface area contributed by atoms with Crippen LogP contribution in [0, 0.1) is 11.8 Å². The first-order valence-corrected chi connectivity index (χ1v) is 4.65. The highest BCUT2D eigenvalue weighted by atomic mass is 15.4. The van der Waals surface area contributed by atoms with Crippen LogP contribution in [0.4, 0.5) is 0 Å². The molecule has 0 bridgehead atoms. The molecular formula is C9H18N3+. The molecule has 0 spiro atoms. The van der Waals surface area contributed by atoms with E-state index in [9.17, 15) is 0 Å². The van der Waals surface area contributed by atoms with E-state index in [-0.39, 0.29) is 0 Å². The van der Waals surface area contributed by atoms with Gasteiger partial charge in [-0.3, -0.25) is 0 Å². The Morgan fingerprint density at radius 3 is 2.83 bits per heavy atom. The summed E-state index contributed by atoms with van der Waals surface area (Å²) in [5.74, 6) is 1.57. The first-order chi connectivity index (χ1) is 5.56. The van der Waals surface area contributed by atoms with Crippen LogP contribution in [0.15, 0.2) is 5.10 Å². The van der Waals surface area contributed by atoms with E-state index >= 15 is 0 Å². The Morgan fingerprint density at radius 1 is 1.50 bits per heavy atom. The number of rotatable bonds is 2. The highest BCUT2D eigenvalue weighted by molar-refractivity contribution is 5.65. The quantitative estimate of drug-likeness (QED) is 0.589. The van der Waals surface area contributed by atoms with Crippen molar-refractivity contribution in [3.8, 4) is 0 Å². The van der Waals surface area contributed by atoms with Gasteiger partial charge in [-0.2, -0.15) is 5.10 Å². The van der Waals surface area contributed by atoms with Crippen LogP contribution in [-0.4, -0.2) is 44.4 Å². The second-order valence-electron chi connectivity index (χ2n) is 5.07. The molecule has 2 rings (SSSR count). The predicted molar refractivity (Wildman–Crippen MR) is 49.9 cm³/mol. The van der Waals surface area contributed by atoms with E-state index in [2.05, 4.69) is 37.9 Å². The number of hydrogen-bond donors (Lipinski definition) is 1. The number of hydrazone groups is 1. The topological polar surface area (TPSA) is 24.4 Å². The van der Waals surface area contributed by atoms with Gasteiger partial charge >= 0.3 is 0 Å². The van der Waals surface area contributed by atoms with Crippen molar-refractivity contribution >= 4 is 6.21 Å². The highest BCUT2D eigenvalue weighted by Crippen LogP contribution is 2.36. The van der Waals surface area contributed by atoms with Crippen molar-refractivity contribution in [2.75, 3.05) is 27.7 Å². The summed E-state index contributed by atoms with van der Waals surface area (Å²) in [5.41, 5.74) is 3.19. The van der Waals surface area contributed by atoms with Crippen LogP contribution < -0.4 is 5.43 Å². The second kappa shape index (κ2) is 2.46. The standard InChI is InChI=1S/C9H18N3/c1-12(2,3)6-8-4-7-5-10-11-9(7)8/h5,7-9,11H,4,6H2,1-3H3/q+1. The largest absolute Gasteiger partial charge is 0.331 e. The molecule has 2 aliphatic rings. The van der Waals surface area contributed by atoms with Gasteiger partial charge in [-0.1, -0.05) is 0 Å². The van der Waals surface area contributed by atoms with E-state index in [1.165, 1.54) is 13.0 Å². The van der Waals surface area contributed by atoms with Crippen LogP contribution in [-0.2, 0) is 0 Å². The summed E-state index contributed by atoms with van der Waals surface area (Å²) in [7, 11) is 6.76. The molecule has 0 aromatic carbocycles. The molecule has 1 aliphatic carbocycles. The minimum atomic E-state index is 0.655. The average molecular weight is 168 g/mol. The van der Waals surface area contributed by atoms with E-state index in [1.807, 2.05) is 0 Å². The molecule has 1 aliphatic heterocycles.